The van der Waals surface area contributed by atoms with Crippen molar-refractivity contribution in [3.8, 4) is 0 Å². The van der Waals surface area contributed by atoms with Gasteiger partial charge in [0.25, 0.3) is 0 Å². The van der Waals surface area contributed by atoms with Crippen molar-refractivity contribution in [1.82, 2.24) is 4.98 Å². The van der Waals surface area contributed by atoms with E-state index in [1.807, 2.05) is 25.1 Å². The molecule has 0 fully saturated rings. The van der Waals surface area contributed by atoms with Crippen molar-refractivity contribution in [2.24, 2.45) is 10.8 Å². The molecule has 0 aromatic carbocycles. The van der Waals surface area contributed by atoms with Gasteiger partial charge in [0, 0.05) is 19.7 Å². The first-order chi connectivity index (χ1) is 6.29. The number of hydrazine groups is 1. The minimum Gasteiger partial charge on any atom is -0.274 e. The Hall–Kier alpha value is -1.42. The molecular formula is C9H14N4. The molecule has 0 aliphatic heterocycles. The number of nitrogens with two attached hydrogens (primary N) is 1. The highest BCUT2D eigenvalue weighted by molar-refractivity contribution is 5.95. The van der Waals surface area contributed by atoms with Crippen LogP contribution in [0.4, 0.5) is 5.82 Å². The molecule has 0 bridgehead atoms. The molecule has 0 saturated carbocycles. The standard InChI is InChI=1S/C9H14N4/c1-3-8(11-2)13(10)9-6-4-5-7-12-9/h4-7H,3,10H2,1-2H3/b11-8+. The van der Waals surface area contributed by atoms with Crippen LogP contribution in [0.5, 0.6) is 0 Å². The van der Waals surface area contributed by atoms with E-state index in [2.05, 4.69) is 9.98 Å². The SMILES string of the molecule is CC/C(=N\C)N(N)c1ccccn1. The van der Waals surface area contributed by atoms with E-state index >= 15 is 0 Å². The predicted molar refractivity (Wildman–Crippen MR) is 54.6 cm³/mol. The Balaban J connectivity index is 2.85. The fourth-order valence-corrected chi connectivity index (χ4v) is 1.06. The third-order valence-electron chi connectivity index (χ3n) is 1.75. The van der Waals surface area contributed by atoms with Gasteiger partial charge in [0.15, 0.2) is 0 Å². The summed E-state index contributed by atoms with van der Waals surface area (Å²) in [5.74, 6) is 7.33. The van der Waals surface area contributed by atoms with Gasteiger partial charge in [0.2, 0.25) is 0 Å². The molecule has 0 spiro atoms. The summed E-state index contributed by atoms with van der Waals surface area (Å²) < 4.78 is 0. The molecule has 0 radical (unpaired) electrons. The van der Waals surface area contributed by atoms with Crippen LogP contribution in [0.25, 0.3) is 0 Å². The van der Waals surface area contributed by atoms with E-state index in [0.717, 1.165) is 12.3 Å². The van der Waals surface area contributed by atoms with Gasteiger partial charge in [-0.3, -0.25) is 4.99 Å². The van der Waals surface area contributed by atoms with Crippen LogP contribution in [-0.4, -0.2) is 17.9 Å². The smallest absolute Gasteiger partial charge is 0.148 e. The van der Waals surface area contributed by atoms with Crippen LogP contribution in [0.15, 0.2) is 29.4 Å². The number of aliphatic imine (C=N–C) groups is 1. The van der Waals surface area contributed by atoms with E-state index in [1.165, 1.54) is 5.01 Å². The minimum atomic E-state index is 0.713. The molecule has 0 unspecified atom stereocenters. The van der Waals surface area contributed by atoms with Crippen molar-refractivity contribution in [1.29, 1.82) is 0 Å². The lowest BCUT2D eigenvalue weighted by molar-refractivity contribution is 1.02. The summed E-state index contributed by atoms with van der Waals surface area (Å²) in [4.78, 5) is 8.18. The number of pyridine rings is 1. The highest BCUT2D eigenvalue weighted by atomic mass is 15.4. The molecule has 70 valence electrons. The van der Waals surface area contributed by atoms with Gasteiger partial charge in [-0.05, 0) is 12.1 Å². The zero-order chi connectivity index (χ0) is 9.68. The maximum Gasteiger partial charge on any atom is 0.148 e. The van der Waals surface area contributed by atoms with Crippen LogP contribution in [0.2, 0.25) is 0 Å². The van der Waals surface area contributed by atoms with Gasteiger partial charge in [-0.1, -0.05) is 13.0 Å². The second kappa shape index (κ2) is 4.57. The van der Waals surface area contributed by atoms with Crippen molar-refractivity contribution in [2.75, 3.05) is 12.1 Å². The molecule has 13 heavy (non-hydrogen) atoms. The number of nitrogens with zero attached hydrogens (tertiary/aromatic N) is 3. The average Bonchev–Trinajstić information content (AvgIpc) is 2.21. The summed E-state index contributed by atoms with van der Waals surface area (Å²) in [6.45, 7) is 2.01. The van der Waals surface area contributed by atoms with Crippen LogP contribution >= 0.6 is 0 Å². The first-order valence-electron chi connectivity index (χ1n) is 4.21. The van der Waals surface area contributed by atoms with Gasteiger partial charge in [0.05, 0.1) is 0 Å². The van der Waals surface area contributed by atoms with Crippen molar-refractivity contribution in [3.05, 3.63) is 24.4 Å². The highest BCUT2D eigenvalue weighted by Gasteiger charge is 2.06. The van der Waals surface area contributed by atoms with E-state index in [0.29, 0.717) is 5.82 Å². The highest BCUT2D eigenvalue weighted by Crippen LogP contribution is 2.06. The predicted octanol–water partition coefficient (Wildman–Crippen LogP) is 1.20. The summed E-state index contributed by atoms with van der Waals surface area (Å²) in [7, 11) is 1.72. The van der Waals surface area contributed by atoms with Crippen molar-refractivity contribution >= 4 is 11.7 Å². The minimum absolute atomic E-state index is 0.713. The zero-order valence-corrected chi connectivity index (χ0v) is 7.94. The van der Waals surface area contributed by atoms with Gasteiger partial charge in [-0.25, -0.2) is 15.8 Å². The maximum absolute atomic E-state index is 5.80. The second-order valence-electron chi connectivity index (χ2n) is 2.55. The number of aromatic nitrogens is 1. The van der Waals surface area contributed by atoms with Gasteiger partial charge < -0.3 is 0 Å². The Morgan fingerprint density at radius 2 is 2.38 bits per heavy atom. The lowest BCUT2D eigenvalue weighted by Gasteiger charge is -2.17. The fraction of sp³-hybridized carbons (Fsp3) is 0.333. The third-order valence-corrected chi connectivity index (χ3v) is 1.75. The van der Waals surface area contributed by atoms with Crippen molar-refractivity contribution in [2.45, 2.75) is 13.3 Å². The van der Waals surface area contributed by atoms with Gasteiger partial charge in [0.1, 0.15) is 11.7 Å². The third kappa shape index (κ3) is 2.26. The maximum atomic E-state index is 5.80. The van der Waals surface area contributed by atoms with E-state index in [9.17, 15) is 0 Å². The van der Waals surface area contributed by atoms with Crippen LogP contribution in [0.1, 0.15) is 13.3 Å². The van der Waals surface area contributed by atoms with Gasteiger partial charge in [-0.2, -0.15) is 0 Å². The Morgan fingerprint density at radius 1 is 1.62 bits per heavy atom. The molecule has 0 aliphatic rings. The molecular weight excluding hydrogens is 164 g/mol. The van der Waals surface area contributed by atoms with Gasteiger partial charge in [-0.15, -0.1) is 0 Å². The first kappa shape index (κ1) is 9.67. The Kier molecular flexibility index (Phi) is 3.40. The van der Waals surface area contributed by atoms with E-state index in [-0.39, 0.29) is 0 Å². The van der Waals surface area contributed by atoms with Gasteiger partial charge >= 0.3 is 0 Å². The molecule has 0 aliphatic carbocycles. The second-order valence-corrected chi connectivity index (χ2v) is 2.55. The summed E-state index contributed by atoms with van der Waals surface area (Å²) in [5.41, 5.74) is 0. The number of amidine groups is 1. The number of rotatable bonds is 2. The largest absolute Gasteiger partial charge is 0.274 e. The normalized spacial score (nSPS) is 11.5. The van der Waals surface area contributed by atoms with Crippen LogP contribution in [0, 0.1) is 0 Å². The number of anilines is 1. The first-order valence-corrected chi connectivity index (χ1v) is 4.21. The van der Waals surface area contributed by atoms with Crippen LogP contribution in [-0.2, 0) is 0 Å². The monoisotopic (exact) mass is 178 g/mol. The molecule has 1 aromatic rings. The number of hydrogen-bond acceptors (Lipinski definition) is 3. The fourth-order valence-electron chi connectivity index (χ4n) is 1.06. The van der Waals surface area contributed by atoms with Crippen molar-refractivity contribution < 1.29 is 0 Å². The van der Waals surface area contributed by atoms with Crippen LogP contribution < -0.4 is 10.9 Å². The molecule has 0 amide bonds. The lowest BCUT2D eigenvalue weighted by Crippen LogP contribution is -2.37. The lowest BCUT2D eigenvalue weighted by atomic mass is 10.4. The average molecular weight is 178 g/mol. The summed E-state index contributed by atoms with van der Waals surface area (Å²) in [6.07, 6.45) is 2.50. The molecule has 1 heterocycles. The Bertz CT molecular complexity index is 281. The van der Waals surface area contributed by atoms with E-state index in [4.69, 9.17) is 5.84 Å². The van der Waals surface area contributed by atoms with Crippen LogP contribution in [0.3, 0.4) is 0 Å². The number of hydrogen-bond donors (Lipinski definition) is 1. The molecule has 0 saturated heterocycles. The van der Waals surface area contributed by atoms with E-state index in [1.54, 1.807) is 13.2 Å². The Morgan fingerprint density at radius 3 is 2.85 bits per heavy atom. The molecule has 1 aromatic heterocycles. The summed E-state index contributed by atoms with van der Waals surface area (Å²) in [6, 6.07) is 5.60. The van der Waals surface area contributed by atoms with Crippen molar-refractivity contribution in [3.63, 3.8) is 0 Å². The summed E-state index contributed by atoms with van der Waals surface area (Å²) in [5, 5.41) is 1.50. The summed E-state index contributed by atoms with van der Waals surface area (Å²) >= 11 is 0. The Labute approximate surface area is 78.1 Å². The van der Waals surface area contributed by atoms with E-state index < -0.39 is 0 Å². The quantitative estimate of drug-likeness (QED) is 0.320. The molecule has 2 N–H and O–H groups in total. The molecule has 0 atom stereocenters. The molecule has 1 rings (SSSR count). The molecule has 4 nitrogen and oxygen atoms in total. The molecule has 4 heteroatoms. The zero-order valence-electron chi connectivity index (χ0n) is 7.94. The topological polar surface area (TPSA) is 54.5 Å².